The predicted molar refractivity (Wildman–Crippen MR) is 115 cm³/mol. The Morgan fingerprint density at radius 1 is 1.18 bits per heavy atom. The normalized spacial score (nSPS) is 16.2. The van der Waals surface area contributed by atoms with E-state index in [0.717, 1.165) is 54.0 Å². The molecular weight excluding hydrogens is 392 g/mol. The van der Waals surface area contributed by atoms with Crippen LogP contribution in [0.3, 0.4) is 0 Å². The second-order valence-corrected chi connectivity index (χ2v) is 10.1. The monoisotopic (exact) mass is 416 g/mol. The average molecular weight is 417 g/mol. The number of rotatable bonds is 5. The van der Waals surface area contributed by atoms with E-state index in [0.29, 0.717) is 0 Å². The second-order valence-electron chi connectivity index (χ2n) is 7.03. The highest BCUT2D eigenvalue weighted by molar-refractivity contribution is 7.89. The van der Waals surface area contributed by atoms with Gasteiger partial charge < -0.3 is 4.90 Å². The summed E-state index contributed by atoms with van der Waals surface area (Å²) >= 11 is 1.63. The van der Waals surface area contributed by atoms with Gasteiger partial charge in [-0.1, -0.05) is 12.1 Å². The van der Waals surface area contributed by atoms with E-state index in [1.54, 1.807) is 29.6 Å². The number of anilines is 1. The number of hydrogen-bond acceptors (Lipinski definition) is 6. The van der Waals surface area contributed by atoms with Crippen LogP contribution in [0.15, 0.2) is 41.1 Å². The Hall–Kier alpha value is -2.03. The lowest BCUT2D eigenvalue weighted by atomic mass is 10.0. The lowest BCUT2D eigenvalue weighted by molar-refractivity contribution is 0.312. The van der Waals surface area contributed by atoms with Crippen molar-refractivity contribution in [1.29, 1.82) is 0 Å². The van der Waals surface area contributed by atoms with E-state index in [9.17, 15) is 8.42 Å². The zero-order valence-electron chi connectivity index (χ0n) is 16.1. The van der Waals surface area contributed by atoms with E-state index in [4.69, 9.17) is 9.97 Å². The van der Waals surface area contributed by atoms with Gasteiger partial charge in [-0.15, -0.1) is 0 Å². The summed E-state index contributed by atoms with van der Waals surface area (Å²) in [6.07, 6.45) is 1.59. The molecule has 8 heteroatoms. The summed E-state index contributed by atoms with van der Waals surface area (Å²) in [7, 11) is -1.46. The van der Waals surface area contributed by atoms with Crippen molar-refractivity contribution in [2.75, 3.05) is 30.8 Å². The van der Waals surface area contributed by atoms with Crippen molar-refractivity contribution >= 4 is 38.1 Å². The van der Waals surface area contributed by atoms with Crippen LogP contribution in [0.2, 0.25) is 0 Å². The first kappa shape index (κ1) is 19.3. The molecule has 0 saturated carbocycles. The molecule has 0 amide bonds. The van der Waals surface area contributed by atoms with E-state index in [1.807, 2.05) is 29.6 Å². The third-order valence-electron chi connectivity index (χ3n) is 5.44. The molecular formula is C20H24N4O2S2. The Morgan fingerprint density at radius 2 is 1.93 bits per heavy atom. The highest BCUT2D eigenvalue weighted by atomic mass is 32.2. The Morgan fingerprint density at radius 3 is 2.61 bits per heavy atom. The summed E-state index contributed by atoms with van der Waals surface area (Å²) in [5.74, 6) is 1.82. The van der Waals surface area contributed by atoms with Gasteiger partial charge in [0, 0.05) is 42.5 Å². The van der Waals surface area contributed by atoms with Crippen molar-refractivity contribution in [3.63, 3.8) is 0 Å². The molecule has 2 aromatic heterocycles. The second kappa shape index (κ2) is 7.77. The van der Waals surface area contributed by atoms with Gasteiger partial charge in [-0.25, -0.2) is 22.7 Å². The number of piperidine rings is 1. The van der Waals surface area contributed by atoms with E-state index in [2.05, 4.69) is 16.3 Å². The molecule has 3 heterocycles. The van der Waals surface area contributed by atoms with Crippen LogP contribution in [0.5, 0.6) is 0 Å². The molecule has 6 nitrogen and oxygen atoms in total. The first-order valence-electron chi connectivity index (χ1n) is 9.49. The Labute approximate surface area is 169 Å². The van der Waals surface area contributed by atoms with E-state index in [-0.39, 0.29) is 11.8 Å². The largest absolute Gasteiger partial charge is 0.356 e. The third-order valence-corrected chi connectivity index (χ3v) is 8.03. The third kappa shape index (κ3) is 3.64. The standard InChI is InChI=1S/C20H24N4O2S2/c1-3-28(25,26)23(2)16-8-11-24(12-9-16)20-17-6-4-5-7-18(17)21-19(22-20)15-10-13-27-14-15/h4-7,10,13-14,16H,3,8-9,11-12H2,1-2H3. The van der Waals surface area contributed by atoms with E-state index < -0.39 is 10.0 Å². The number of sulfonamides is 1. The topological polar surface area (TPSA) is 66.4 Å². The van der Waals surface area contributed by atoms with Gasteiger partial charge in [0.25, 0.3) is 0 Å². The minimum Gasteiger partial charge on any atom is -0.356 e. The SMILES string of the molecule is CCS(=O)(=O)N(C)C1CCN(c2nc(-c3ccsc3)nc3ccccc23)CC1. The molecule has 4 rings (SSSR count). The zero-order chi connectivity index (χ0) is 19.7. The summed E-state index contributed by atoms with van der Waals surface area (Å²) in [5.41, 5.74) is 1.96. The summed E-state index contributed by atoms with van der Waals surface area (Å²) in [6, 6.07) is 10.2. The Balaban J connectivity index is 1.63. The quantitative estimate of drug-likeness (QED) is 0.636. The zero-order valence-corrected chi connectivity index (χ0v) is 17.7. The fraction of sp³-hybridized carbons (Fsp3) is 0.400. The van der Waals surface area contributed by atoms with Gasteiger partial charge in [0.05, 0.1) is 11.3 Å². The van der Waals surface area contributed by atoms with Crippen molar-refractivity contribution in [2.24, 2.45) is 0 Å². The van der Waals surface area contributed by atoms with Crippen LogP contribution in [0.1, 0.15) is 19.8 Å². The van der Waals surface area contributed by atoms with Gasteiger partial charge in [0.2, 0.25) is 10.0 Å². The Kier molecular flexibility index (Phi) is 5.35. The minimum absolute atomic E-state index is 0.0469. The molecule has 148 valence electrons. The number of hydrogen-bond donors (Lipinski definition) is 0. The maximum absolute atomic E-state index is 12.2. The fourth-order valence-electron chi connectivity index (χ4n) is 3.69. The van der Waals surface area contributed by atoms with Gasteiger partial charge in [-0.2, -0.15) is 11.3 Å². The minimum atomic E-state index is -3.16. The van der Waals surface area contributed by atoms with Crippen molar-refractivity contribution in [1.82, 2.24) is 14.3 Å². The molecule has 0 spiro atoms. The number of fused-ring (bicyclic) bond motifs is 1. The average Bonchev–Trinajstić information content (AvgIpc) is 3.27. The number of benzene rings is 1. The molecule has 0 unspecified atom stereocenters. The number of aromatic nitrogens is 2. The van der Waals surface area contributed by atoms with E-state index in [1.165, 1.54) is 0 Å². The van der Waals surface area contributed by atoms with Crippen molar-refractivity contribution in [3.8, 4) is 11.4 Å². The van der Waals surface area contributed by atoms with Crippen molar-refractivity contribution < 1.29 is 8.42 Å². The van der Waals surface area contributed by atoms with Crippen LogP contribution < -0.4 is 4.90 Å². The van der Waals surface area contributed by atoms with Gasteiger partial charge in [0.1, 0.15) is 5.82 Å². The maximum atomic E-state index is 12.2. The lowest BCUT2D eigenvalue weighted by Crippen LogP contribution is -2.46. The van der Waals surface area contributed by atoms with Crippen LogP contribution in [-0.4, -0.2) is 54.6 Å². The molecule has 1 saturated heterocycles. The van der Waals surface area contributed by atoms with Gasteiger partial charge in [-0.05, 0) is 43.3 Å². The summed E-state index contributed by atoms with van der Waals surface area (Å²) in [4.78, 5) is 11.9. The molecule has 1 aliphatic heterocycles. The molecule has 28 heavy (non-hydrogen) atoms. The van der Waals surface area contributed by atoms with Gasteiger partial charge >= 0.3 is 0 Å². The molecule has 3 aromatic rings. The molecule has 0 atom stereocenters. The highest BCUT2D eigenvalue weighted by Crippen LogP contribution is 2.31. The number of para-hydroxylation sites is 1. The molecule has 0 bridgehead atoms. The molecule has 1 fully saturated rings. The summed E-state index contributed by atoms with van der Waals surface area (Å²) in [6.45, 7) is 3.25. The number of nitrogens with zero attached hydrogens (tertiary/aromatic N) is 4. The highest BCUT2D eigenvalue weighted by Gasteiger charge is 2.29. The predicted octanol–water partition coefficient (Wildman–Crippen LogP) is 3.61. The first-order valence-corrected chi connectivity index (χ1v) is 12.0. The molecule has 1 aliphatic rings. The molecule has 0 N–H and O–H groups in total. The Bertz CT molecular complexity index is 1060. The van der Waals surface area contributed by atoms with Crippen LogP contribution in [-0.2, 0) is 10.0 Å². The first-order chi connectivity index (χ1) is 13.5. The van der Waals surface area contributed by atoms with Crippen molar-refractivity contribution in [3.05, 3.63) is 41.1 Å². The smallest absolute Gasteiger partial charge is 0.213 e. The molecule has 0 radical (unpaired) electrons. The van der Waals surface area contributed by atoms with Gasteiger partial charge in [0.15, 0.2) is 5.82 Å². The van der Waals surface area contributed by atoms with Crippen molar-refractivity contribution in [2.45, 2.75) is 25.8 Å². The van der Waals surface area contributed by atoms with Crippen LogP contribution >= 0.6 is 11.3 Å². The fourth-order valence-corrected chi connectivity index (χ4v) is 5.40. The maximum Gasteiger partial charge on any atom is 0.213 e. The summed E-state index contributed by atoms with van der Waals surface area (Å²) in [5, 5.41) is 5.13. The summed E-state index contributed by atoms with van der Waals surface area (Å²) < 4.78 is 25.9. The van der Waals surface area contributed by atoms with E-state index >= 15 is 0 Å². The molecule has 1 aromatic carbocycles. The van der Waals surface area contributed by atoms with Crippen LogP contribution in [0.25, 0.3) is 22.3 Å². The molecule has 0 aliphatic carbocycles. The van der Waals surface area contributed by atoms with Crippen LogP contribution in [0.4, 0.5) is 5.82 Å². The van der Waals surface area contributed by atoms with Crippen LogP contribution in [0, 0.1) is 0 Å². The number of thiophene rings is 1. The van der Waals surface area contributed by atoms with Gasteiger partial charge in [-0.3, -0.25) is 0 Å². The lowest BCUT2D eigenvalue weighted by Gasteiger charge is -2.37.